The van der Waals surface area contributed by atoms with Gasteiger partial charge in [-0.15, -0.1) is 0 Å². The molecule has 27 heavy (non-hydrogen) atoms. The number of carbonyl (C=O) groups excluding carboxylic acids is 3. The van der Waals surface area contributed by atoms with Gasteiger partial charge in [0.1, 0.15) is 11.5 Å². The van der Waals surface area contributed by atoms with Gasteiger partial charge in [0, 0.05) is 18.5 Å². The monoisotopic (exact) mass is 371 g/mol. The molecule has 0 radical (unpaired) electrons. The summed E-state index contributed by atoms with van der Waals surface area (Å²) in [5.74, 6) is -0.277. The van der Waals surface area contributed by atoms with Crippen LogP contribution in [-0.4, -0.2) is 42.3 Å². The van der Waals surface area contributed by atoms with Gasteiger partial charge in [-0.05, 0) is 43.3 Å². The Morgan fingerprint density at radius 3 is 2.63 bits per heavy atom. The fraction of sp³-hybridized carbons (Fsp3) is 0.350. The van der Waals surface area contributed by atoms with Gasteiger partial charge in [0.25, 0.3) is 0 Å². The van der Waals surface area contributed by atoms with Gasteiger partial charge < -0.3 is 18.8 Å². The van der Waals surface area contributed by atoms with Crippen molar-refractivity contribution in [1.29, 1.82) is 0 Å². The van der Waals surface area contributed by atoms with E-state index in [0.29, 0.717) is 23.6 Å². The SMILES string of the molecule is COc1ccc(C(=O)[C@H](C)OC(=O)[C@H]2CC(=O)N(Cc3ccco3)C2)cc1. The minimum atomic E-state index is -0.930. The number of carbonyl (C=O) groups is 3. The molecule has 1 aliphatic heterocycles. The Morgan fingerprint density at radius 2 is 2.00 bits per heavy atom. The standard InChI is InChI=1S/C20H21NO6/c1-13(19(23)14-5-7-16(25-2)8-6-14)27-20(24)15-10-18(22)21(11-15)12-17-4-3-9-26-17/h3-9,13,15H,10-12H2,1-2H3/t13-,15-/m0/s1. The highest BCUT2D eigenvalue weighted by Crippen LogP contribution is 2.22. The zero-order valence-corrected chi connectivity index (χ0v) is 15.2. The van der Waals surface area contributed by atoms with Crippen LogP contribution in [0.25, 0.3) is 0 Å². The van der Waals surface area contributed by atoms with Crippen molar-refractivity contribution in [3.05, 3.63) is 54.0 Å². The number of hydrogen-bond donors (Lipinski definition) is 0. The molecule has 2 atom stereocenters. The number of furan rings is 1. The fourth-order valence-electron chi connectivity index (χ4n) is 2.99. The molecule has 7 nitrogen and oxygen atoms in total. The molecule has 1 amide bonds. The maximum Gasteiger partial charge on any atom is 0.311 e. The average molecular weight is 371 g/mol. The summed E-state index contributed by atoms with van der Waals surface area (Å²) in [6.07, 6.45) is 0.678. The van der Waals surface area contributed by atoms with E-state index in [1.54, 1.807) is 48.4 Å². The normalized spacial score (nSPS) is 17.6. The first-order valence-corrected chi connectivity index (χ1v) is 8.67. The minimum Gasteiger partial charge on any atom is -0.497 e. The molecule has 1 aliphatic rings. The summed E-state index contributed by atoms with van der Waals surface area (Å²) in [4.78, 5) is 38.5. The minimum absolute atomic E-state index is 0.0724. The van der Waals surface area contributed by atoms with Gasteiger partial charge >= 0.3 is 5.97 Å². The van der Waals surface area contributed by atoms with E-state index in [9.17, 15) is 14.4 Å². The van der Waals surface area contributed by atoms with Crippen molar-refractivity contribution in [2.24, 2.45) is 5.92 Å². The van der Waals surface area contributed by atoms with Gasteiger partial charge in [-0.25, -0.2) is 0 Å². The number of amides is 1. The molecule has 0 N–H and O–H groups in total. The second-order valence-electron chi connectivity index (χ2n) is 6.43. The van der Waals surface area contributed by atoms with E-state index >= 15 is 0 Å². The molecule has 1 fully saturated rings. The Kier molecular flexibility index (Phi) is 5.59. The van der Waals surface area contributed by atoms with Crippen molar-refractivity contribution in [3.63, 3.8) is 0 Å². The lowest BCUT2D eigenvalue weighted by Gasteiger charge is -2.17. The Balaban J connectivity index is 1.56. The molecule has 0 bridgehead atoms. The zero-order valence-electron chi connectivity index (χ0n) is 15.2. The summed E-state index contributed by atoms with van der Waals surface area (Å²) >= 11 is 0. The maximum atomic E-state index is 12.4. The first-order chi connectivity index (χ1) is 13.0. The Bertz CT molecular complexity index is 812. The van der Waals surface area contributed by atoms with Crippen molar-refractivity contribution in [3.8, 4) is 5.75 Å². The van der Waals surface area contributed by atoms with Crippen molar-refractivity contribution >= 4 is 17.7 Å². The van der Waals surface area contributed by atoms with E-state index in [-0.39, 0.29) is 24.7 Å². The molecule has 0 spiro atoms. The Morgan fingerprint density at radius 1 is 1.26 bits per heavy atom. The summed E-state index contributed by atoms with van der Waals surface area (Å²) in [7, 11) is 1.54. The van der Waals surface area contributed by atoms with Crippen LogP contribution >= 0.6 is 0 Å². The molecule has 3 rings (SSSR count). The molecule has 142 valence electrons. The molecule has 0 unspecified atom stereocenters. The molecule has 0 saturated carbocycles. The van der Waals surface area contributed by atoms with E-state index in [4.69, 9.17) is 13.9 Å². The Labute approximate surface area is 156 Å². The highest BCUT2D eigenvalue weighted by atomic mass is 16.5. The molecule has 1 saturated heterocycles. The van der Waals surface area contributed by atoms with E-state index in [1.165, 1.54) is 13.2 Å². The molecule has 0 aliphatic carbocycles. The molecular formula is C20H21NO6. The van der Waals surface area contributed by atoms with Gasteiger partial charge in [0.2, 0.25) is 11.7 Å². The number of methoxy groups -OCH3 is 1. The van der Waals surface area contributed by atoms with Crippen LogP contribution in [0.2, 0.25) is 0 Å². The van der Waals surface area contributed by atoms with E-state index in [1.807, 2.05) is 0 Å². The van der Waals surface area contributed by atoms with Crippen LogP contribution < -0.4 is 4.74 Å². The van der Waals surface area contributed by atoms with E-state index in [0.717, 1.165) is 0 Å². The second kappa shape index (κ2) is 8.07. The van der Waals surface area contributed by atoms with Gasteiger partial charge in [-0.2, -0.15) is 0 Å². The largest absolute Gasteiger partial charge is 0.497 e. The summed E-state index contributed by atoms with van der Waals surface area (Å²) in [6, 6.07) is 10.1. The summed E-state index contributed by atoms with van der Waals surface area (Å²) in [5, 5.41) is 0. The number of ketones is 1. The van der Waals surface area contributed by atoms with Crippen molar-refractivity contribution < 1.29 is 28.3 Å². The topological polar surface area (TPSA) is 86.0 Å². The van der Waals surface area contributed by atoms with Gasteiger partial charge in [0.15, 0.2) is 6.10 Å². The fourth-order valence-corrected chi connectivity index (χ4v) is 2.99. The number of Topliss-reactive ketones (excluding diaryl/α,β-unsaturated/α-hetero) is 1. The predicted octanol–water partition coefficient (Wildman–Crippen LogP) is 2.45. The van der Waals surface area contributed by atoms with Gasteiger partial charge in [-0.3, -0.25) is 14.4 Å². The molecule has 1 aromatic heterocycles. The highest BCUT2D eigenvalue weighted by molar-refractivity contribution is 6.00. The van der Waals surface area contributed by atoms with E-state index in [2.05, 4.69) is 0 Å². The van der Waals surface area contributed by atoms with Crippen LogP contribution in [0.3, 0.4) is 0 Å². The third kappa shape index (κ3) is 4.36. The Hall–Kier alpha value is -3.09. The summed E-state index contributed by atoms with van der Waals surface area (Å²) in [5.41, 5.74) is 0.429. The van der Waals surface area contributed by atoms with Crippen molar-refractivity contribution in [2.45, 2.75) is 26.0 Å². The van der Waals surface area contributed by atoms with Crippen LogP contribution in [0, 0.1) is 5.92 Å². The third-order valence-electron chi connectivity index (χ3n) is 4.51. The second-order valence-corrected chi connectivity index (χ2v) is 6.43. The number of nitrogens with zero attached hydrogens (tertiary/aromatic N) is 1. The number of benzene rings is 1. The molecule has 1 aromatic carbocycles. The lowest BCUT2D eigenvalue weighted by Crippen LogP contribution is -2.30. The van der Waals surface area contributed by atoms with Crippen LogP contribution in [0.1, 0.15) is 29.5 Å². The lowest BCUT2D eigenvalue weighted by atomic mass is 10.1. The lowest BCUT2D eigenvalue weighted by molar-refractivity contribution is -0.151. The first-order valence-electron chi connectivity index (χ1n) is 8.67. The van der Waals surface area contributed by atoms with Crippen LogP contribution in [-0.2, 0) is 20.9 Å². The smallest absolute Gasteiger partial charge is 0.311 e. The number of likely N-dealkylation sites (tertiary alicyclic amines) is 1. The quantitative estimate of drug-likeness (QED) is 0.549. The number of esters is 1. The predicted molar refractivity (Wildman–Crippen MR) is 95.1 cm³/mol. The number of hydrogen-bond acceptors (Lipinski definition) is 6. The third-order valence-corrected chi connectivity index (χ3v) is 4.51. The molecule has 2 heterocycles. The molecule has 2 aromatic rings. The first kappa shape index (κ1) is 18.7. The van der Waals surface area contributed by atoms with Crippen LogP contribution in [0.15, 0.2) is 47.1 Å². The summed E-state index contributed by atoms with van der Waals surface area (Å²) < 4.78 is 15.6. The highest BCUT2D eigenvalue weighted by Gasteiger charge is 2.37. The molecule has 7 heteroatoms. The summed E-state index contributed by atoms with van der Waals surface area (Å²) in [6.45, 7) is 2.10. The number of rotatable bonds is 7. The zero-order chi connectivity index (χ0) is 19.4. The van der Waals surface area contributed by atoms with Crippen LogP contribution in [0.5, 0.6) is 5.75 Å². The molecular weight excluding hydrogens is 350 g/mol. The van der Waals surface area contributed by atoms with Gasteiger partial charge in [0.05, 0.1) is 25.8 Å². The average Bonchev–Trinajstić information content (AvgIpc) is 3.31. The maximum absolute atomic E-state index is 12.4. The van der Waals surface area contributed by atoms with Gasteiger partial charge in [-0.1, -0.05) is 0 Å². The van der Waals surface area contributed by atoms with E-state index < -0.39 is 18.0 Å². The van der Waals surface area contributed by atoms with Crippen LogP contribution in [0.4, 0.5) is 0 Å². The van der Waals surface area contributed by atoms with Crippen molar-refractivity contribution in [2.75, 3.05) is 13.7 Å². The number of ether oxygens (including phenoxy) is 2. The van der Waals surface area contributed by atoms with Crippen molar-refractivity contribution in [1.82, 2.24) is 4.90 Å².